The molecule has 3 heteroatoms. The fourth-order valence-electron chi connectivity index (χ4n) is 3.91. The van der Waals surface area contributed by atoms with Gasteiger partial charge in [-0.25, -0.2) is 0 Å². The zero-order valence-corrected chi connectivity index (χ0v) is 14.7. The molecule has 0 atom stereocenters. The lowest BCUT2D eigenvalue weighted by Gasteiger charge is -2.12. The van der Waals surface area contributed by atoms with Gasteiger partial charge in [0.1, 0.15) is 5.75 Å². The van der Waals surface area contributed by atoms with E-state index in [9.17, 15) is 0 Å². The molecule has 0 saturated heterocycles. The first-order chi connectivity index (χ1) is 13.3. The Bertz CT molecular complexity index is 1240. The van der Waals surface area contributed by atoms with Gasteiger partial charge in [0.15, 0.2) is 0 Å². The molecule has 0 unspecified atom stereocenters. The van der Waals surface area contributed by atoms with Crippen LogP contribution in [0.25, 0.3) is 43.4 Å². The van der Waals surface area contributed by atoms with Gasteiger partial charge in [-0.05, 0) is 61.6 Å². The predicted octanol–water partition coefficient (Wildman–Crippen LogP) is 5.45. The molecular weight excluding hydrogens is 331 g/mol. The Morgan fingerprint density at radius 2 is 1.00 bits per heavy atom. The minimum atomic E-state index is -0.311. The fraction of sp³-hybridized carbons (Fsp3) is 0. The Hall–Kier alpha value is -3.30. The summed E-state index contributed by atoms with van der Waals surface area (Å²) in [5, 5.41) is 16.5. The SMILES string of the molecule is OBOc1ccc(-c2ccc3c4ccccc4c4ccccc4c3c2)cc1. The van der Waals surface area contributed by atoms with E-state index in [1.165, 1.54) is 37.9 Å². The van der Waals surface area contributed by atoms with Crippen molar-refractivity contribution in [1.82, 2.24) is 0 Å². The highest BCUT2D eigenvalue weighted by molar-refractivity contribution is 6.25. The second-order valence-corrected chi connectivity index (χ2v) is 6.65. The van der Waals surface area contributed by atoms with Crippen molar-refractivity contribution >= 4 is 40.0 Å². The predicted molar refractivity (Wildman–Crippen MR) is 114 cm³/mol. The normalized spacial score (nSPS) is 11.1. The van der Waals surface area contributed by atoms with Crippen molar-refractivity contribution in [2.75, 3.05) is 0 Å². The van der Waals surface area contributed by atoms with Crippen molar-refractivity contribution in [3.05, 3.63) is 91.0 Å². The van der Waals surface area contributed by atoms with E-state index in [-0.39, 0.29) is 7.69 Å². The summed E-state index contributed by atoms with van der Waals surface area (Å²) in [7, 11) is -0.311. The Labute approximate surface area is 157 Å². The van der Waals surface area contributed by atoms with Crippen LogP contribution in [0.4, 0.5) is 0 Å². The van der Waals surface area contributed by atoms with E-state index in [2.05, 4.69) is 66.7 Å². The van der Waals surface area contributed by atoms with Crippen LogP contribution >= 0.6 is 0 Å². The van der Waals surface area contributed by atoms with Gasteiger partial charge < -0.3 is 9.68 Å². The average molecular weight is 348 g/mol. The van der Waals surface area contributed by atoms with E-state index in [4.69, 9.17) is 9.68 Å². The van der Waals surface area contributed by atoms with Gasteiger partial charge in [0.2, 0.25) is 0 Å². The molecule has 1 N–H and O–H groups in total. The quantitative estimate of drug-likeness (QED) is 0.347. The third kappa shape index (κ3) is 2.64. The number of hydrogen-bond acceptors (Lipinski definition) is 2. The Morgan fingerprint density at radius 3 is 1.56 bits per heavy atom. The topological polar surface area (TPSA) is 29.5 Å². The minimum absolute atomic E-state index is 0.311. The smallest absolute Gasteiger partial charge is 0.504 e. The first-order valence-electron chi connectivity index (χ1n) is 9.02. The fourth-order valence-corrected chi connectivity index (χ4v) is 3.91. The molecule has 0 aliphatic heterocycles. The molecule has 2 nitrogen and oxygen atoms in total. The van der Waals surface area contributed by atoms with Crippen molar-refractivity contribution < 1.29 is 9.68 Å². The van der Waals surface area contributed by atoms with E-state index < -0.39 is 0 Å². The minimum Gasteiger partial charge on any atom is -0.539 e. The average Bonchev–Trinajstić information content (AvgIpc) is 2.74. The summed E-state index contributed by atoms with van der Waals surface area (Å²) in [6, 6.07) is 31.7. The Morgan fingerprint density at radius 1 is 0.519 bits per heavy atom. The molecule has 5 aromatic carbocycles. The molecule has 27 heavy (non-hydrogen) atoms. The van der Waals surface area contributed by atoms with Crippen LogP contribution in [0.15, 0.2) is 91.0 Å². The van der Waals surface area contributed by atoms with Crippen molar-refractivity contribution in [2.24, 2.45) is 0 Å². The highest BCUT2D eigenvalue weighted by atomic mass is 16.5. The molecule has 5 rings (SSSR count). The van der Waals surface area contributed by atoms with Crippen molar-refractivity contribution in [1.29, 1.82) is 0 Å². The van der Waals surface area contributed by atoms with Gasteiger partial charge in [0.25, 0.3) is 0 Å². The molecule has 0 aliphatic rings. The molecule has 0 aromatic heterocycles. The van der Waals surface area contributed by atoms with Gasteiger partial charge in [-0.3, -0.25) is 0 Å². The molecule has 0 radical (unpaired) electrons. The Kier molecular flexibility index (Phi) is 3.81. The second-order valence-electron chi connectivity index (χ2n) is 6.65. The van der Waals surface area contributed by atoms with E-state index in [0.29, 0.717) is 5.75 Å². The van der Waals surface area contributed by atoms with Crippen LogP contribution in [-0.2, 0) is 0 Å². The molecule has 0 heterocycles. The zero-order valence-electron chi connectivity index (χ0n) is 14.7. The van der Waals surface area contributed by atoms with Gasteiger partial charge in [0.05, 0.1) is 0 Å². The zero-order chi connectivity index (χ0) is 18.2. The first kappa shape index (κ1) is 15.9. The lowest BCUT2D eigenvalue weighted by atomic mass is 9.92. The maximum atomic E-state index is 8.89. The van der Waals surface area contributed by atoms with Crippen molar-refractivity contribution in [2.45, 2.75) is 0 Å². The summed E-state index contributed by atoms with van der Waals surface area (Å²) >= 11 is 0. The van der Waals surface area contributed by atoms with Gasteiger partial charge in [-0.2, -0.15) is 0 Å². The third-order valence-corrected chi connectivity index (χ3v) is 5.16. The summed E-state index contributed by atoms with van der Waals surface area (Å²) in [6.45, 7) is 0. The maximum Gasteiger partial charge on any atom is 0.504 e. The second kappa shape index (κ2) is 6.46. The van der Waals surface area contributed by atoms with Crippen LogP contribution in [0.3, 0.4) is 0 Å². The summed E-state index contributed by atoms with van der Waals surface area (Å²) in [6.07, 6.45) is 0. The van der Waals surface area contributed by atoms with Crippen molar-refractivity contribution in [3.63, 3.8) is 0 Å². The van der Waals surface area contributed by atoms with Crippen LogP contribution in [-0.4, -0.2) is 12.7 Å². The lowest BCUT2D eigenvalue weighted by Crippen LogP contribution is -1.99. The summed E-state index contributed by atoms with van der Waals surface area (Å²) in [4.78, 5) is 0. The Balaban J connectivity index is 1.78. The molecule has 0 aliphatic carbocycles. The monoisotopic (exact) mass is 348 g/mol. The number of benzene rings is 5. The van der Waals surface area contributed by atoms with Crippen LogP contribution in [0.2, 0.25) is 0 Å². The summed E-state index contributed by atoms with van der Waals surface area (Å²) in [5.41, 5.74) is 2.29. The maximum absolute atomic E-state index is 8.89. The van der Waals surface area contributed by atoms with E-state index in [1.807, 2.05) is 24.3 Å². The van der Waals surface area contributed by atoms with Crippen LogP contribution in [0.5, 0.6) is 5.75 Å². The molecular formula is C24H17BO2. The number of fused-ring (bicyclic) bond motifs is 6. The van der Waals surface area contributed by atoms with Gasteiger partial charge in [0, 0.05) is 0 Å². The van der Waals surface area contributed by atoms with Crippen LogP contribution in [0, 0.1) is 0 Å². The van der Waals surface area contributed by atoms with Gasteiger partial charge in [-0.1, -0.05) is 72.8 Å². The molecule has 0 fully saturated rings. The largest absolute Gasteiger partial charge is 0.539 e. The highest BCUT2D eigenvalue weighted by Crippen LogP contribution is 2.37. The number of hydrogen-bond donors (Lipinski definition) is 1. The third-order valence-electron chi connectivity index (χ3n) is 5.16. The van der Waals surface area contributed by atoms with Crippen LogP contribution in [0.1, 0.15) is 0 Å². The molecule has 128 valence electrons. The molecule has 0 spiro atoms. The van der Waals surface area contributed by atoms with Gasteiger partial charge >= 0.3 is 7.69 Å². The van der Waals surface area contributed by atoms with E-state index in [0.717, 1.165) is 5.56 Å². The molecule has 0 bridgehead atoms. The lowest BCUT2D eigenvalue weighted by molar-refractivity contribution is 0.454. The number of rotatable bonds is 3. The van der Waals surface area contributed by atoms with E-state index >= 15 is 0 Å². The van der Waals surface area contributed by atoms with E-state index in [1.54, 1.807) is 0 Å². The van der Waals surface area contributed by atoms with Gasteiger partial charge in [-0.15, -0.1) is 0 Å². The first-order valence-corrected chi connectivity index (χ1v) is 9.02. The highest BCUT2D eigenvalue weighted by Gasteiger charge is 2.09. The molecule has 0 amide bonds. The summed E-state index contributed by atoms with van der Waals surface area (Å²) in [5.74, 6) is 0.665. The van der Waals surface area contributed by atoms with Crippen LogP contribution < -0.4 is 4.65 Å². The molecule has 0 saturated carbocycles. The molecule has 5 aromatic rings. The van der Waals surface area contributed by atoms with Crippen molar-refractivity contribution in [3.8, 4) is 16.9 Å². The summed E-state index contributed by atoms with van der Waals surface area (Å²) < 4.78 is 5.13. The standard InChI is InChI=1S/C24H17BO2/c26-25-27-18-12-9-16(10-13-18)17-11-14-23-21-7-2-1-5-19(21)20-6-3-4-8-22(20)24(23)15-17/h1-15,25-26H.